The molecular weight excluding hydrogens is 106 g/mol. The van der Waals surface area contributed by atoms with E-state index >= 15 is 0 Å². The first kappa shape index (κ1) is 5.56. The van der Waals surface area contributed by atoms with E-state index in [9.17, 15) is 4.79 Å². The lowest BCUT2D eigenvalue weighted by atomic mass is 10.1. The molecule has 0 aromatic rings. The highest BCUT2D eigenvalue weighted by Crippen LogP contribution is 2.44. The second-order valence-electron chi connectivity index (χ2n) is 2.50. The summed E-state index contributed by atoms with van der Waals surface area (Å²) in [6.07, 6.45) is 0.0440. The van der Waals surface area contributed by atoms with Crippen molar-refractivity contribution in [1.29, 1.82) is 0 Å². The number of nitrogens with two attached hydrogens (primary N) is 1. The minimum absolute atomic E-state index is 0.398. The monoisotopic (exact) mass is 115 g/mol. The predicted octanol–water partition coefficient (Wildman–Crippen LogP) is -0.757. The quantitative estimate of drug-likeness (QED) is 0.472. The van der Waals surface area contributed by atoms with Crippen molar-refractivity contribution < 1.29 is 9.90 Å². The first-order valence-electron chi connectivity index (χ1n) is 2.55. The first-order chi connectivity index (χ1) is 3.57. The van der Waals surface area contributed by atoms with Crippen LogP contribution in [-0.2, 0) is 4.79 Å². The number of aliphatic hydroxyl groups excluding tert-OH is 1. The van der Waals surface area contributed by atoms with E-state index in [4.69, 9.17) is 10.8 Å². The summed E-state index contributed by atoms with van der Waals surface area (Å²) in [4.78, 5) is 10.4. The number of amides is 1. The van der Waals surface area contributed by atoms with Crippen molar-refractivity contribution in [1.82, 2.24) is 0 Å². The molecule has 0 radical (unpaired) electrons. The van der Waals surface area contributed by atoms with Crippen LogP contribution in [0.15, 0.2) is 0 Å². The number of hydrogen-bond donors (Lipinski definition) is 2. The Labute approximate surface area is 47.5 Å². The average molecular weight is 115 g/mol. The number of carbonyl (C=O) groups is 1. The van der Waals surface area contributed by atoms with E-state index in [1.807, 2.05) is 0 Å². The zero-order valence-corrected chi connectivity index (χ0v) is 4.72. The summed E-state index contributed by atoms with van der Waals surface area (Å²) in [6.45, 7) is 1.67. The maximum absolute atomic E-state index is 10.4. The van der Waals surface area contributed by atoms with Crippen LogP contribution in [-0.4, -0.2) is 17.1 Å². The summed E-state index contributed by atoms with van der Waals surface area (Å²) in [5, 5.41) is 8.76. The smallest absolute Gasteiger partial charge is 0.226 e. The van der Waals surface area contributed by atoms with Crippen LogP contribution in [0.3, 0.4) is 0 Å². The standard InChI is InChI=1S/C5H9NO2/c1-5(4(6)8)2-3(5)7/h3,7H,2H2,1H3,(H2,6,8)/t3-,5?/m0/s1. The maximum atomic E-state index is 10.4. The Bertz CT molecular complexity index is 134. The van der Waals surface area contributed by atoms with Gasteiger partial charge in [-0.25, -0.2) is 0 Å². The van der Waals surface area contributed by atoms with Gasteiger partial charge in [0, 0.05) is 0 Å². The van der Waals surface area contributed by atoms with Crippen LogP contribution < -0.4 is 5.73 Å². The Balaban J connectivity index is 2.60. The number of rotatable bonds is 1. The van der Waals surface area contributed by atoms with Crippen molar-refractivity contribution in [2.75, 3.05) is 0 Å². The van der Waals surface area contributed by atoms with Crippen LogP contribution in [0.1, 0.15) is 13.3 Å². The molecule has 0 saturated heterocycles. The molecule has 1 aliphatic rings. The van der Waals surface area contributed by atoms with Crippen LogP contribution in [0.2, 0.25) is 0 Å². The van der Waals surface area contributed by atoms with E-state index in [0.717, 1.165) is 0 Å². The molecule has 1 rings (SSSR count). The molecule has 0 aromatic heterocycles. The Hall–Kier alpha value is -0.570. The Morgan fingerprint density at radius 3 is 2.38 bits per heavy atom. The molecule has 0 aromatic carbocycles. The van der Waals surface area contributed by atoms with Gasteiger partial charge in [-0.1, -0.05) is 0 Å². The third kappa shape index (κ3) is 0.512. The van der Waals surface area contributed by atoms with Crippen LogP contribution in [0, 0.1) is 5.41 Å². The number of aliphatic hydroxyl groups is 1. The maximum Gasteiger partial charge on any atom is 0.226 e. The number of carbonyl (C=O) groups excluding carboxylic acids is 1. The molecule has 1 aliphatic carbocycles. The van der Waals surface area contributed by atoms with Crippen molar-refractivity contribution in [3.63, 3.8) is 0 Å². The van der Waals surface area contributed by atoms with E-state index in [1.54, 1.807) is 6.92 Å². The van der Waals surface area contributed by atoms with Gasteiger partial charge in [-0.05, 0) is 13.3 Å². The lowest BCUT2D eigenvalue weighted by Gasteiger charge is -1.98. The molecule has 3 nitrogen and oxygen atoms in total. The third-order valence-corrected chi connectivity index (χ3v) is 1.76. The van der Waals surface area contributed by atoms with Gasteiger partial charge in [0.1, 0.15) is 0 Å². The van der Waals surface area contributed by atoms with Gasteiger partial charge in [-0.15, -0.1) is 0 Å². The molecule has 0 aliphatic heterocycles. The Kier molecular flexibility index (Phi) is 0.854. The van der Waals surface area contributed by atoms with Gasteiger partial charge in [0.05, 0.1) is 11.5 Å². The zero-order chi connectivity index (χ0) is 6.36. The van der Waals surface area contributed by atoms with Crippen LogP contribution >= 0.6 is 0 Å². The lowest BCUT2D eigenvalue weighted by molar-refractivity contribution is -0.123. The second-order valence-corrected chi connectivity index (χ2v) is 2.50. The predicted molar refractivity (Wildman–Crippen MR) is 27.9 cm³/mol. The Morgan fingerprint density at radius 1 is 2.00 bits per heavy atom. The molecule has 8 heavy (non-hydrogen) atoms. The molecule has 1 saturated carbocycles. The SMILES string of the molecule is CC1(C(N)=O)C[C@@H]1O. The van der Waals surface area contributed by atoms with Gasteiger partial charge in [0.15, 0.2) is 0 Å². The van der Waals surface area contributed by atoms with E-state index in [2.05, 4.69) is 0 Å². The van der Waals surface area contributed by atoms with Gasteiger partial charge >= 0.3 is 0 Å². The fourth-order valence-corrected chi connectivity index (χ4v) is 0.608. The highest BCUT2D eigenvalue weighted by molar-refractivity contribution is 5.84. The van der Waals surface area contributed by atoms with Gasteiger partial charge in [0.2, 0.25) is 5.91 Å². The van der Waals surface area contributed by atoms with Crippen molar-refractivity contribution in [2.45, 2.75) is 19.4 Å². The van der Waals surface area contributed by atoms with Gasteiger partial charge in [-0.3, -0.25) is 4.79 Å². The molecule has 2 atom stereocenters. The molecule has 0 heterocycles. The normalized spacial score (nSPS) is 44.0. The summed E-state index contributed by atoms with van der Waals surface area (Å²) >= 11 is 0. The topological polar surface area (TPSA) is 63.3 Å². The van der Waals surface area contributed by atoms with Crippen LogP contribution in [0.25, 0.3) is 0 Å². The van der Waals surface area contributed by atoms with Gasteiger partial charge in [0.25, 0.3) is 0 Å². The zero-order valence-electron chi connectivity index (χ0n) is 4.72. The minimum atomic E-state index is -0.597. The fourth-order valence-electron chi connectivity index (χ4n) is 0.608. The van der Waals surface area contributed by atoms with Crippen molar-refractivity contribution >= 4 is 5.91 Å². The number of hydrogen-bond acceptors (Lipinski definition) is 2. The summed E-state index contributed by atoms with van der Waals surface area (Å²) in [5.74, 6) is -0.398. The molecule has 1 amide bonds. The molecular formula is C5H9NO2. The first-order valence-corrected chi connectivity index (χ1v) is 2.55. The molecule has 1 fully saturated rings. The molecule has 1 unspecified atom stereocenters. The Morgan fingerprint density at radius 2 is 2.38 bits per heavy atom. The lowest BCUT2D eigenvalue weighted by Crippen LogP contribution is -2.24. The highest BCUT2D eigenvalue weighted by atomic mass is 16.3. The van der Waals surface area contributed by atoms with E-state index in [0.29, 0.717) is 6.42 Å². The molecule has 46 valence electrons. The van der Waals surface area contributed by atoms with E-state index in [-0.39, 0.29) is 0 Å². The van der Waals surface area contributed by atoms with Gasteiger partial charge in [-0.2, -0.15) is 0 Å². The molecule has 0 bridgehead atoms. The molecule has 3 heteroatoms. The average Bonchev–Trinajstić information content (AvgIpc) is 2.17. The number of primary amides is 1. The largest absolute Gasteiger partial charge is 0.392 e. The summed E-state index contributed by atoms with van der Waals surface area (Å²) in [5.41, 5.74) is 4.33. The van der Waals surface area contributed by atoms with Gasteiger partial charge < -0.3 is 10.8 Å². The van der Waals surface area contributed by atoms with E-state index in [1.165, 1.54) is 0 Å². The van der Waals surface area contributed by atoms with E-state index < -0.39 is 17.4 Å². The third-order valence-electron chi connectivity index (χ3n) is 1.76. The molecule has 3 N–H and O–H groups in total. The summed E-state index contributed by atoms with van der Waals surface area (Å²) in [6, 6.07) is 0. The highest BCUT2D eigenvalue weighted by Gasteiger charge is 2.54. The van der Waals surface area contributed by atoms with Crippen LogP contribution in [0.4, 0.5) is 0 Å². The van der Waals surface area contributed by atoms with Crippen molar-refractivity contribution in [3.05, 3.63) is 0 Å². The van der Waals surface area contributed by atoms with Crippen molar-refractivity contribution in [3.8, 4) is 0 Å². The van der Waals surface area contributed by atoms with Crippen LogP contribution in [0.5, 0.6) is 0 Å². The summed E-state index contributed by atoms with van der Waals surface area (Å²) < 4.78 is 0. The van der Waals surface area contributed by atoms with Crippen molar-refractivity contribution in [2.24, 2.45) is 11.1 Å². The second kappa shape index (κ2) is 1.23. The summed E-state index contributed by atoms with van der Waals surface area (Å²) in [7, 11) is 0. The molecule has 0 spiro atoms. The minimum Gasteiger partial charge on any atom is -0.392 e. The fraction of sp³-hybridized carbons (Fsp3) is 0.800.